The fourth-order valence-electron chi connectivity index (χ4n) is 1.76. The van der Waals surface area contributed by atoms with Gasteiger partial charge in [0.15, 0.2) is 18.1 Å². The number of amides is 1. The molecule has 1 aromatic carbocycles. The van der Waals surface area contributed by atoms with Gasteiger partial charge in [-0.1, -0.05) is 12.1 Å². The van der Waals surface area contributed by atoms with E-state index in [-0.39, 0.29) is 23.9 Å². The SMILES string of the molecule is CN(Cc1ccc(F)cc1)C(=O)COC(=O)c1nccnc1N. The number of nitrogen functional groups attached to an aromatic ring is 1. The second kappa shape index (κ2) is 7.30. The number of esters is 1. The van der Waals surface area contributed by atoms with Crippen LogP contribution in [0.5, 0.6) is 0 Å². The summed E-state index contributed by atoms with van der Waals surface area (Å²) >= 11 is 0. The number of carbonyl (C=O) groups is 2. The highest BCUT2D eigenvalue weighted by Crippen LogP contribution is 2.07. The number of rotatable bonds is 5. The van der Waals surface area contributed by atoms with Gasteiger partial charge in [0.1, 0.15) is 5.82 Å². The van der Waals surface area contributed by atoms with Crippen LogP contribution in [-0.4, -0.2) is 40.4 Å². The fraction of sp³-hybridized carbons (Fsp3) is 0.200. The minimum absolute atomic E-state index is 0.0652. The third-order valence-electron chi connectivity index (χ3n) is 3.01. The summed E-state index contributed by atoms with van der Waals surface area (Å²) in [5, 5.41) is 0. The first kappa shape index (κ1) is 16.3. The van der Waals surface area contributed by atoms with Gasteiger partial charge in [-0.3, -0.25) is 4.79 Å². The molecule has 1 aromatic heterocycles. The van der Waals surface area contributed by atoms with Gasteiger partial charge in [-0.15, -0.1) is 0 Å². The molecule has 0 saturated heterocycles. The Morgan fingerprint density at radius 2 is 1.87 bits per heavy atom. The zero-order chi connectivity index (χ0) is 16.8. The maximum absolute atomic E-state index is 12.8. The molecule has 120 valence electrons. The van der Waals surface area contributed by atoms with Crippen LogP contribution in [-0.2, 0) is 16.1 Å². The lowest BCUT2D eigenvalue weighted by molar-refractivity contribution is -0.133. The van der Waals surface area contributed by atoms with Gasteiger partial charge in [0.2, 0.25) is 0 Å². The number of benzene rings is 1. The number of ether oxygens (including phenoxy) is 1. The predicted molar refractivity (Wildman–Crippen MR) is 79.6 cm³/mol. The van der Waals surface area contributed by atoms with Gasteiger partial charge < -0.3 is 15.4 Å². The summed E-state index contributed by atoms with van der Waals surface area (Å²) in [5.74, 6) is -1.65. The Hall–Kier alpha value is -3.03. The summed E-state index contributed by atoms with van der Waals surface area (Å²) in [4.78, 5) is 32.5. The average Bonchev–Trinajstić information content (AvgIpc) is 2.54. The summed E-state index contributed by atoms with van der Waals surface area (Å²) in [6.45, 7) is -0.184. The van der Waals surface area contributed by atoms with Crippen molar-refractivity contribution >= 4 is 17.7 Å². The molecule has 2 rings (SSSR count). The van der Waals surface area contributed by atoms with Gasteiger partial charge in [-0.25, -0.2) is 19.2 Å². The zero-order valence-electron chi connectivity index (χ0n) is 12.4. The van der Waals surface area contributed by atoms with Gasteiger partial charge >= 0.3 is 5.97 Å². The lowest BCUT2D eigenvalue weighted by Gasteiger charge is -2.17. The van der Waals surface area contributed by atoms with Crippen molar-refractivity contribution in [3.63, 3.8) is 0 Å². The molecule has 0 unspecified atom stereocenters. The second-order valence-electron chi connectivity index (χ2n) is 4.74. The first-order valence-corrected chi connectivity index (χ1v) is 6.69. The Kier molecular flexibility index (Phi) is 5.19. The number of halogens is 1. The first-order valence-electron chi connectivity index (χ1n) is 6.69. The average molecular weight is 318 g/mol. The number of hydrogen-bond acceptors (Lipinski definition) is 6. The molecule has 8 heteroatoms. The van der Waals surface area contributed by atoms with Crippen LogP contribution in [0.4, 0.5) is 10.2 Å². The molecule has 7 nitrogen and oxygen atoms in total. The van der Waals surface area contributed by atoms with Crippen LogP contribution in [0.25, 0.3) is 0 Å². The van der Waals surface area contributed by atoms with Crippen LogP contribution in [0.3, 0.4) is 0 Å². The number of likely N-dealkylation sites (N-methyl/N-ethyl adjacent to an activating group) is 1. The highest BCUT2D eigenvalue weighted by molar-refractivity contribution is 5.93. The Morgan fingerprint density at radius 3 is 2.52 bits per heavy atom. The van der Waals surface area contributed by atoms with Crippen LogP contribution in [0.1, 0.15) is 16.1 Å². The quantitative estimate of drug-likeness (QED) is 0.826. The number of nitrogens with two attached hydrogens (primary N) is 1. The number of anilines is 1. The minimum Gasteiger partial charge on any atom is -0.451 e. The number of carbonyl (C=O) groups excluding carboxylic acids is 2. The Balaban J connectivity index is 1.87. The molecule has 0 aliphatic carbocycles. The molecule has 0 atom stereocenters. The lowest BCUT2D eigenvalue weighted by atomic mass is 10.2. The summed E-state index contributed by atoms with van der Waals surface area (Å²) in [6, 6.07) is 5.77. The molecule has 1 amide bonds. The van der Waals surface area contributed by atoms with Crippen LogP contribution in [0, 0.1) is 5.82 Å². The summed E-state index contributed by atoms with van der Waals surface area (Å²) in [7, 11) is 1.55. The molecular formula is C15H15FN4O3. The molecule has 0 fully saturated rings. The largest absolute Gasteiger partial charge is 0.451 e. The maximum atomic E-state index is 12.8. The van der Waals surface area contributed by atoms with Crippen molar-refractivity contribution in [1.29, 1.82) is 0 Å². The molecule has 0 radical (unpaired) electrons. The molecule has 0 aliphatic rings. The van der Waals surface area contributed by atoms with Gasteiger partial charge in [0.25, 0.3) is 5.91 Å². The molecule has 23 heavy (non-hydrogen) atoms. The van der Waals surface area contributed by atoms with Gasteiger partial charge in [-0.05, 0) is 17.7 Å². The predicted octanol–water partition coefficient (Wildman–Crippen LogP) is 1.01. The monoisotopic (exact) mass is 318 g/mol. The third kappa shape index (κ3) is 4.47. The van der Waals surface area contributed by atoms with Crippen LogP contribution >= 0.6 is 0 Å². The highest BCUT2D eigenvalue weighted by atomic mass is 19.1. The third-order valence-corrected chi connectivity index (χ3v) is 3.01. The molecule has 2 N–H and O–H groups in total. The van der Waals surface area contributed by atoms with E-state index in [9.17, 15) is 14.0 Å². The lowest BCUT2D eigenvalue weighted by Crippen LogP contribution is -2.31. The number of hydrogen-bond donors (Lipinski definition) is 1. The summed E-state index contributed by atoms with van der Waals surface area (Å²) in [5.41, 5.74) is 6.12. The fourth-order valence-corrected chi connectivity index (χ4v) is 1.76. The standard InChI is InChI=1S/C15H15FN4O3/c1-20(8-10-2-4-11(16)5-3-10)12(21)9-23-15(22)13-14(17)19-7-6-18-13/h2-7H,8-9H2,1H3,(H2,17,19). The molecule has 0 spiro atoms. The maximum Gasteiger partial charge on any atom is 0.361 e. The molecule has 1 heterocycles. The smallest absolute Gasteiger partial charge is 0.361 e. The van der Waals surface area contributed by atoms with E-state index >= 15 is 0 Å². The van der Waals surface area contributed by atoms with E-state index in [0.717, 1.165) is 5.56 Å². The van der Waals surface area contributed by atoms with E-state index in [1.807, 2.05) is 0 Å². The Labute approximate surface area is 131 Å². The number of nitrogens with zero attached hydrogens (tertiary/aromatic N) is 3. The normalized spacial score (nSPS) is 10.2. The first-order chi connectivity index (χ1) is 11.0. The van der Waals surface area contributed by atoms with E-state index in [4.69, 9.17) is 10.5 Å². The Morgan fingerprint density at radius 1 is 1.22 bits per heavy atom. The Bertz CT molecular complexity index is 706. The molecule has 0 aliphatic heterocycles. The van der Waals surface area contributed by atoms with E-state index in [2.05, 4.69) is 9.97 Å². The van der Waals surface area contributed by atoms with Crippen molar-refractivity contribution in [1.82, 2.24) is 14.9 Å². The van der Waals surface area contributed by atoms with E-state index in [1.165, 1.54) is 29.4 Å². The van der Waals surface area contributed by atoms with Crippen molar-refractivity contribution in [2.45, 2.75) is 6.54 Å². The van der Waals surface area contributed by atoms with Crippen molar-refractivity contribution in [3.05, 3.63) is 53.7 Å². The molecule has 2 aromatic rings. The van der Waals surface area contributed by atoms with Crippen molar-refractivity contribution < 1.29 is 18.7 Å². The van der Waals surface area contributed by atoms with Crippen molar-refractivity contribution in [2.75, 3.05) is 19.4 Å². The second-order valence-corrected chi connectivity index (χ2v) is 4.74. The van der Waals surface area contributed by atoms with Crippen LogP contribution in [0.2, 0.25) is 0 Å². The molecule has 0 bridgehead atoms. The summed E-state index contributed by atoms with van der Waals surface area (Å²) in [6.07, 6.45) is 2.64. The van der Waals surface area contributed by atoms with Crippen molar-refractivity contribution in [2.24, 2.45) is 0 Å². The van der Waals surface area contributed by atoms with Crippen molar-refractivity contribution in [3.8, 4) is 0 Å². The van der Waals surface area contributed by atoms with Crippen LogP contribution < -0.4 is 5.73 Å². The van der Waals surface area contributed by atoms with Gasteiger partial charge in [0, 0.05) is 26.0 Å². The van der Waals surface area contributed by atoms with Crippen LogP contribution in [0.15, 0.2) is 36.7 Å². The van der Waals surface area contributed by atoms with E-state index in [0.29, 0.717) is 0 Å². The van der Waals surface area contributed by atoms with E-state index < -0.39 is 18.5 Å². The molecular weight excluding hydrogens is 303 g/mol. The highest BCUT2D eigenvalue weighted by Gasteiger charge is 2.17. The number of aromatic nitrogens is 2. The van der Waals surface area contributed by atoms with Gasteiger partial charge in [-0.2, -0.15) is 0 Å². The van der Waals surface area contributed by atoms with E-state index in [1.54, 1.807) is 19.2 Å². The van der Waals surface area contributed by atoms with Gasteiger partial charge in [0.05, 0.1) is 0 Å². The molecule has 0 saturated carbocycles. The zero-order valence-corrected chi connectivity index (χ0v) is 12.4. The summed E-state index contributed by atoms with van der Waals surface area (Å²) < 4.78 is 17.7. The topological polar surface area (TPSA) is 98.4 Å². The minimum atomic E-state index is -0.820.